The topological polar surface area (TPSA) is 76.0 Å². The van der Waals surface area contributed by atoms with Crippen molar-refractivity contribution >= 4 is 57.8 Å². The van der Waals surface area contributed by atoms with Gasteiger partial charge in [0.2, 0.25) is 17.8 Å². The van der Waals surface area contributed by atoms with Crippen LogP contribution in [0.1, 0.15) is 19.8 Å². The summed E-state index contributed by atoms with van der Waals surface area (Å²) in [4.78, 5) is 30.5. The van der Waals surface area contributed by atoms with Crippen LogP contribution in [0, 0.1) is 0 Å². The first-order valence-corrected chi connectivity index (χ1v) is 10.3. The average Bonchev–Trinajstić information content (AvgIpc) is 3.00. The molecule has 1 unspecified atom stereocenters. The third-order valence-corrected chi connectivity index (χ3v) is 6.00. The van der Waals surface area contributed by atoms with E-state index in [1.165, 1.54) is 11.8 Å². The summed E-state index contributed by atoms with van der Waals surface area (Å²) in [6.07, 6.45) is 0.983. The number of benzene rings is 2. The smallest absolute Gasteiger partial charge is 0.238 e. The highest BCUT2D eigenvalue weighted by Gasteiger charge is 2.29. The number of fused-ring (bicyclic) bond motifs is 2. The van der Waals surface area contributed by atoms with E-state index in [-0.39, 0.29) is 18.2 Å². The number of hydrogen-bond acceptors (Lipinski definition) is 4. The fraction of sp³-hybridized carbons (Fsp3) is 0.250. The number of aromatic nitrogens is 2. The summed E-state index contributed by atoms with van der Waals surface area (Å²) < 4.78 is 2.00. The molecule has 0 aliphatic carbocycles. The molecule has 8 heteroatoms. The third-order valence-electron chi connectivity index (χ3n) is 4.48. The van der Waals surface area contributed by atoms with Crippen molar-refractivity contribution in [3.05, 3.63) is 47.5 Å². The van der Waals surface area contributed by atoms with Crippen molar-refractivity contribution in [1.29, 1.82) is 0 Å². The van der Waals surface area contributed by atoms with Crippen LogP contribution in [0.5, 0.6) is 0 Å². The minimum absolute atomic E-state index is 0.0634. The van der Waals surface area contributed by atoms with Gasteiger partial charge in [-0.2, -0.15) is 0 Å². The monoisotopic (exact) mass is 414 g/mol. The van der Waals surface area contributed by atoms with E-state index in [1.54, 1.807) is 12.1 Å². The number of thioether (sulfide) groups is 1. The number of imidazole rings is 1. The first-order valence-electron chi connectivity index (χ1n) is 9.07. The summed E-state index contributed by atoms with van der Waals surface area (Å²) in [6.45, 7) is 2.83. The van der Waals surface area contributed by atoms with Crippen LogP contribution in [0.3, 0.4) is 0 Å². The van der Waals surface area contributed by atoms with Crippen molar-refractivity contribution in [3.63, 3.8) is 0 Å². The fourth-order valence-electron chi connectivity index (χ4n) is 3.22. The van der Waals surface area contributed by atoms with Crippen molar-refractivity contribution in [2.45, 2.75) is 36.5 Å². The Morgan fingerprint density at radius 3 is 2.96 bits per heavy atom. The van der Waals surface area contributed by atoms with E-state index < -0.39 is 5.25 Å². The van der Waals surface area contributed by atoms with Crippen LogP contribution in [0.2, 0.25) is 5.02 Å². The summed E-state index contributed by atoms with van der Waals surface area (Å²) in [5.74, 6) is 0.0798. The Kier molecular flexibility index (Phi) is 5.28. The van der Waals surface area contributed by atoms with Gasteiger partial charge in [-0.25, -0.2) is 4.98 Å². The summed E-state index contributed by atoms with van der Waals surface area (Å²) in [5, 5.41) is 5.77. The first kappa shape index (κ1) is 18.8. The molecule has 2 heterocycles. The number of para-hydroxylation sites is 2. The van der Waals surface area contributed by atoms with Gasteiger partial charge in [0.1, 0.15) is 0 Å². The Morgan fingerprint density at radius 2 is 2.14 bits per heavy atom. The predicted molar refractivity (Wildman–Crippen MR) is 113 cm³/mol. The quantitative estimate of drug-likeness (QED) is 0.642. The Labute approximate surface area is 171 Å². The molecule has 0 saturated heterocycles. The summed E-state index contributed by atoms with van der Waals surface area (Å²) in [7, 11) is 0. The van der Waals surface area contributed by atoms with Gasteiger partial charge in [0, 0.05) is 22.9 Å². The standard InChI is InChI=1S/C20H19ClN4O2S/c1-2-9-25-15-6-4-3-5-13(15)23-20(25)24-18(26)11-17-19(27)22-14-10-12(21)7-8-16(14)28-17/h3-8,10,17H,2,9,11H2,1H3,(H,22,27)(H,23,24,26). The number of amides is 2. The maximum Gasteiger partial charge on any atom is 0.238 e. The van der Waals surface area contributed by atoms with E-state index in [0.717, 1.165) is 28.9 Å². The molecule has 0 saturated carbocycles. The first-order chi connectivity index (χ1) is 13.5. The van der Waals surface area contributed by atoms with Gasteiger partial charge in [-0.05, 0) is 36.8 Å². The third kappa shape index (κ3) is 3.72. The van der Waals surface area contributed by atoms with E-state index >= 15 is 0 Å². The Balaban J connectivity index is 1.50. The van der Waals surface area contributed by atoms with E-state index in [9.17, 15) is 9.59 Å². The minimum atomic E-state index is -0.502. The average molecular weight is 415 g/mol. The number of hydrogen-bond donors (Lipinski definition) is 2. The summed E-state index contributed by atoms with van der Waals surface area (Å²) in [6, 6.07) is 13.1. The number of nitrogens with zero attached hydrogens (tertiary/aromatic N) is 2. The zero-order chi connectivity index (χ0) is 19.7. The maximum absolute atomic E-state index is 12.6. The zero-order valence-corrected chi connectivity index (χ0v) is 16.8. The van der Waals surface area contributed by atoms with Crippen LogP contribution < -0.4 is 10.6 Å². The highest BCUT2D eigenvalue weighted by molar-refractivity contribution is 8.01. The molecule has 28 heavy (non-hydrogen) atoms. The molecule has 3 aromatic rings. The second kappa shape index (κ2) is 7.85. The summed E-state index contributed by atoms with van der Waals surface area (Å²) in [5.41, 5.74) is 2.50. The van der Waals surface area contributed by atoms with Gasteiger partial charge in [0.25, 0.3) is 0 Å². The van der Waals surface area contributed by atoms with Gasteiger partial charge in [0.05, 0.1) is 22.0 Å². The molecule has 2 aromatic carbocycles. The van der Waals surface area contributed by atoms with Crippen molar-refractivity contribution < 1.29 is 9.59 Å². The molecule has 0 fully saturated rings. The highest BCUT2D eigenvalue weighted by Crippen LogP contribution is 2.38. The molecular formula is C20H19ClN4O2S. The SMILES string of the molecule is CCCn1c(NC(=O)CC2Sc3ccc(Cl)cc3NC2=O)nc2ccccc21. The van der Waals surface area contributed by atoms with Crippen molar-refractivity contribution in [3.8, 4) is 0 Å². The number of halogens is 1. The molecule has 4 rings (SSSR count). The van der Waals surface area contributed by atoms with Crippen LogP contribution in [0.4, 0.5) is 11.6 Å². The van der Waals surface area contributed by atoms with Crippen molar-refractivity contribution in [2.24, 2.45) is 0 Å². The molecule has 1 aliphatic rings. The lowest BCUT2D eigenvalue weighted by molar-refractivity contribution is -0.120. The second-order valence-electron chi connectivity index (χ2n) is 6.56. The molecule has 6 nitrogen and oxygen atoms in total. The molecule has 2 N–H and O–H groups in total. The molecule has 144 valence electrons. The van der Waals surface area contributed by atoms with Gasteiger partial charge in [-0.15, -0.1) is 11.8 Å². The van der Waals surface area contributed by atoms with Crippen LogP contribution in [0.25, 0.3) is 11.0 Å². The molecule has 1 aliphatic heterocycles. The van der Waals surface area contributed by atoms with Gasteiger partial charge in [0.15, 0.2) is 0 Å². The van der Waals surface area contributed by atoms with E-state index in [0.29, 0.717) is 16.7 Å². The van der Waals surface area contributed by atoms with Gasteiger partial charge < -0.3 is 9.88 Å². The van der Waals surface area contributed by atoms with Crippen LogP contribution >= 0.6 is 23.4 Å². The number of carbonyl (C=O) groups excluding carboxylic acids is 2. The lowest BCUT2D eigenvalue weighted by atomic mass is 10.2. The van der Waals surface area contributed by atoms with E-state index in [2.05, 4.69) is 22.5 Å². The van der Waals surface area contributed by atoms with Crippen LogP contribution in [0.15, 0.2) is 47.4 Å². The molecule has 1 aromatic heterocycles. The summed E-state index contributed by atoms with van der Waals surface area (Å²) >= 11 is 7.35. The van der Waals surface area contributed by atoms with Crippen LogP contribution in [-0.4, -0.2) is 26.6 Å². The predicted octanol–water partition coefficient (Wildman–Crippen LogP) is 4.54. The molecular weight excluding hydrogens is 396 g/mol. The molecule has 2 amide bonds. The largest absolute Gasteiger partial charge is 0.324 e. The van der Waals surface area contributed by atoms with Crippen LogP contribution in [-0.2, 0) is 16.1 Å². The normalized spacial score (nSPS) is 15.9. The Hall–Kier alpha value is -2.51. The molecule has 0 radical (unpaired) electrons. The lowest BCUT2D eigenvalue weighted by Crippen LogP contribution is -2.32. The molecule has 1 atom stereocenters. The van der Waals surface area contributed by atoms with Gasteiger partial charge in [-0.1, -0.05) is 30.7 Å². The zero-order valence-electron chi connectivity index (χ0n) is 15.2. The van der Waals surface area contributed by atoms with Crippen molar-refractivity contribution in [2.75, 3.05) is 10.6 Å². The highest BCUT2D eigenvalue weighted by atomic mass is 35.5. The van der Waals surface area contributed by atoms with Gasteiger partial charge >= 0.3 is 0 Å². The Morgan fingerprint density at radius 1 is 1.32 bits per heavy atom. The number of carbonyl (C=O) groups is 2. The number of rotatable bonds is 5. The number of nitrogens with one attached hydrogen (secondary N) is 2. The lowest BCUT2D eigenvalue weighted by Gasteiger charge is -2.23. The molecule has 0 bridgehead atoms. The minimum Gasteiger partial charge on any atom is -0.324 e. The number of aryl methyl sites for hydroxylation is 1. The van der Waals surface area contributed by atoms with Crippen molar-refractivity contribution in [1.82, 2.24) is 9.55 Å². The maximum atomic E-state index is 12.6. The number of anilines is 2. The second-order valence-corrected chi connectivity index (χ2v) is 8.25. The van der Waals surface area contributed by atoms with E-state index in [4.69, 9.17) is 11.6 Å². The Bertz CT molecular complexity index is 1070. The van der Waals surface area contributed by atoms with Gasteiger partial charge in [-0.3, -0.25) is 14.9 Å². The van der Waals surface area contributed by atoms with E-state index in [1.807, 2.05) is 34.9 Å². The molecule has 0 spiro atoms. The fourth-order valence-corrected chi connectivity index (χ4v) is 4.48.